The van der Waals surface area contributed by atoms with Crippen molar-refractivity contribution in [2.24, 2.45) is 0 Å². The molecule has 0 bridgehead atoms. The summed E-state index contributed by atoms with van der Waals surface area (Å²) >= 11 is 9.69. The van der Waals surface area contributed by atoms with Crippen LogP contribution in [0.25, 0.3) is 11.0 Å². The summed E-state index contributed by atoms with van der Waals surface area (Å²) in [4.78, 5) is 19.7. The fraction of sp³-hybridized carbons (Fsp3) is 0.259. The zero-order valence-electron chi connectivity index (χ0n) is 18.7. The van der Waals surface area contributed by atoms with E-state index in [9.17, 15) is 4.79 Å². The Hall–Kier alpha value is -2.83. The van der Waals surface area contributed by atoms with Gasteiger partial charge in [0, 0.05) is 35.6 Å². The Morgan fingerprint density at radius 1 is 1.03 bits per heavy atom. The standard InChI is InChI=1S/C27H25BrClN3O2/c28-20-8-7-9-21(17-20)32-18-19(16-26(32)33)27-30-23-11-2-3-12-24(23)31(27)14-5-6-15-34-25-13-4-1-10-22(25)29/h1-4,7-13,17,19H,5-6,14-16,18H2. The number of aromatic nitrogens is 2. The third kappa shape index (κ3) is 4.84. The zero-order chi connectivity index (χ0) is 23.5. The Kier molecular flexibility index (Phi) is 6.88. The van der Waals surface area contributed by atoms with E-state index in [1.165, 1.54) is 0 Å². The molecule has 1 fully saturated rings. The van der Waals surface area contributed by atoms with Gasteiger partial charge in [-0.05, 0) is 55.3 Å². The molecule has 1 amide bonds. The lowest BCUT2D eigenvalue weighted by Gasteiger charge is -2.18. The summed E-state index contributed by atoms with van der Waals surface area (Å²) in [5, 5.41) is 0.631. The predicted molar refractivity (Wildman–Crippen MR) is 140 cm³/mol. The second kappa shape index (κ2) is 10.2. The molecule has 0 aliphatic carbocycles. The Bertz CT molecular complexity index is 1320. The lowest BCUT2D eigenvalue weighted by atomic mass is 10.1. The molecular weight excluding hydrogens is 514 g/mol. The van der Waals surface area contributed by atoms with Gasteiger partial charge >= 0.3 is 0 Å². The van der Waals surface area contributed by atoms with Crippen LogP contribution in [0.1, 0.15) is 31.0 Å². The van der Waals surface area contributed by atoms with E-state index in [1.54, 1.807) is 0 Å². The zero-order valence-corrected chi connectivity index (χ0v) is 21.0. The first-order chi connectivity index (χ1) is 16.6. The Labute approximate surface area is 212 Å². The van der Waals surface area contributed by atoms with Crippen molar-refractivity contribution in [1.29, 1.82) is 0 Å². The fourth-order valence-corrected chi connectivity index (χ4v) is 5.11. The molecule has 1 aromatic heterocycles. The van der Waals surface area contributed by atoms with Crippen molar-refractivity contribution in [2.45, 2.75) is 31.7 Å². The number of hydrogen-bond donors (Lipinski definition) is 0. The predicted octanol–water partition coefficient (Wildman–Crippen LogP) is 6.83. The number of anilines is 1. The third-order valence-electron chi connectivity index (χ3n) is 6.16. The molecule has 1 aliphatic heterocycles. The highest BCUT2D eigenvalue weighted by Gasteiger charge is 2.34. The molecule has 7 heteroatoms. The number of fused-ring (bicyclic) bond motifs is 1. The fourth-order valence-electron chi connectivity index (χ4n) is 4.53. The number of nitrogens with zero attached hydrogens (tertiary/aromatic N) is 3. The summed E-state index contributed by atoms with van der Waals surface area (Å²) in [6.07, 6.45) is 2.30. The Morgan fingerprint density at radius 3 is 2.71 bits per heavy atom. The average molecular weight is 539 g/mol. The van der Waals surface area contributed by atoms with Crippen LogP contribution in [0.5, 0.6) is 5.75 Å². The van der Waals surface area contributed by atoms with Crippen LogP contribution in [0.4, 0.5) is 5.69 Å². The van der Waals surface area contributed by atoms with Gasteiger partial charge in [0.05, 0.1) is 22.7 Å². The highest BCUT2D eigenvalue weighted by molar-refractivity contribution is 9.10. The smallest absolute Gasteiger partial charge is 0.227 e. The summed E-state index contributed by atoms with van der Waals surface area (Å²) in [6.45, 7) is 2.06. The number of hydrogen-bond acceptors (Lipinski definition) is 3. The van der Waals surface area contributed by atoms with Crippen LogP contribution in [0.2, 0.25) is 5.02 Å². The largest absolute Gasteiger partial charge is 0.492 e. The summed E-state index contributed by atoms with van der Waals surface area (Å²) in [5.74, 6) is 1.89. The number of unbranched alkanes of at least 4 members (excludes halogenated alkanes) is 1. The van der Waals surface area contributed by atoms with Gasteiger partial charge in [-0.2, -0.15) is 0 Å². The molecule has 34 heavy (non-hydrogen) atoms. The second-order valence-corrected chi connectivity index (χ2v) is 9.80. The summed E-state index contributed by atoms with van der Waals surface area (Å²) in [7, 11) is 0. The molecule has 1 aliphatic rings. The summed E-state index contributed by atoms with van der Waals surface area (Å²) < 4.78 is 9.10. The molecule has 1 unspecified atom stereocenters. The van der Waals surface area contributed by atoms with E-state index in [2.05, 4.69) is 26.6 Å². The van der Waals surface area contributed by atoms with Crippen LogP contribution >= 0.6 is 27.5 Å². The molecule has 0 radical (unpaired) electrons. The second-order valence-electron chi connectivity index (χ2n) is 8.48. The van der Waals surface area contributed by atoms with Crippen molar-refractivity contribution in [3.05, 3.63) is 88.1 Å². The molecule has 3 aromatic carbocycles. The monoisotopic (exact) mass is 537 g/mol. The summed E-state index contributed by atoms with van der Waals surface area (Å²) in [5.41, 5.74) is 3.00. The maximum atomic E-state index is 12.9. The molecule has 0 saturated carbocycles. The number of ether oxygens (including phenoxy) is 1. The molecule has 0 N–H and O–H groups in total. The highest BCUT2D eigenvalue weighted by atomic mass is 79.9. The lowest BCUT2D eigenvalue weighted by molar-refractivity contribution is -0.117. The molecule has 174 valence electrons. The molecule has 2 heterocycles. The van der Waals surface area contributed by atoms with E-state index in [0.717, 1.165) is 52.2 Å². The van der Waals surface area contributed by atoms with Gasteiger partial charge in [0.2, 0.25) is 5.91 Å². The van der Waals surface area contributed by atoms with Gasteiger partial charge in [-0.25, -0.2) is 4.98 Å². The molecule has 1 saturated heterocycles. The molecular formula is C27H25BrClN3O2. The van der Waals surface area contributed by atoms with Crippen molar-refractivity contribution in [3.8, 4) is 5.75 Å². The normalized spacial score (nSPS) is 15.9. The molecule has 5 rings (SSSR count). The number of imidazole rings is 1. The van der Waals surface area contributed by atoms with Gasteiger partial charge in [0.1, 0.15) is 11.6 Å². The van der Waals surface area contributed by atoms with Gasteiger partial charge in [0.25, 0.3) is 0 Å². The Morgan fingerprint density at radius 2 is 1.85 bits per heavy atom. The van der Waals surface area contributed by atoms with Crippen LogP contribution < -0.4 is 9.64 Å². The minimum atomic E-state index is 0.0539. The quantitative estimate of drug-likeness (QED) is 0.231. The first-order valence-electron chi connectivity index (χ1n) is 11.5. The van der Waals surface area contributed by atoms with Crippen molar-refractivity contribution in [1.82, 2.24) is 9.55 Å². The SMILES string of the molecule is O=C1CC(c2nc3ccccc3n2CCCCOc2ccccc2Cl)CN1c1cccc(Br)c1. The van der Waals surface area contributed by atoms with Crippen LogP contribution in [0.15, 0.2) is 77.3 Å². The molecule has 4 aromatic rings. The number of carbonyl (C=O) groups excluding carboxylic acids is 1. The minimum Gasteiger partial charge on any atom is -0.492 e. The average Bonchev–Trinajstić information content (AvgIpc) is 3.40. The first kappa shape index (κ1) is 22.9. The number of amides is 1. The van der Waals surface area contributed by atoms with E-state index in [-0.39, 0.29) is 11.8 Å². The van der Waals surface area contributed by atoms with Crippen molar-refractivity contribution in [2.75, 3.05) is 18.1 Å². The minimum absolute atomic E-state index is 0.0539. The van der Waals surface area contributed by atoms with Crippen LogP contribution in [0.3, 0.4) is 0 Å². The number of benzene rings is 3. The number of aryl methyl sites for hydroxylation is 1. The lowest BCUT2D eigenvalue weighted by Crippen LogP contribution is -2.24. The highest BCUT2D eigenvalue weighted by Crippen LogP contribution is 2.34. The van der Waals surface area contributed by atoms with Crippen LogP contribution in [-0.2, 0) is 11.3 Å². The molecule has 5 nitrogen and oxygen atoms in total. The van der Waals surface area contributed by atoms with Gasteiger partial charge in [-0.1, -0.05) is 57.9 Å². The number of carbonyl (C=O) groups is 1. The maximum Gasteiger partial charge on any atom is 0.227 e. The van der Waals surface area contributed by atoms with E-state index < -0.39 is 0 Å². The van der Waals surface area contributed by atoms with Crippen molar-refractivity contribution in [3.63, 3.8) is 0 Å². The van der Waals surface area contributed by atoms with Gasteiger partial charge < -0.3 is 14.2 Å². The van der Waals surface area contributed by atoms with Gasteiger partial charge in [-0.15, -0.1) is 0 Å². The van der Waals surface area contributed by atoms with Crippen LogP contribution in [0, 0.1) is 0 Å². The van der Waals surface area contributed by atoms with Gasteiger partial charge in [-0.3, -0.25) is 4.79 Å². The maximum absolute atomic E-state index is 12.9. The van der Waals surface area contributed by atoms with Crippen molar-refractivity contribution >= 4 is 50.2 Å². The summed E-state index contributed by atoms with van der Waals surface area (Å²) in [6, 6.07) is 23.6. The number of para-hydroxylation sites is 3. The topological polar surface area (TPSA) is 47.4 Å². The van der Waals surface area contributed by atoms with E-state index >= 15 is 0 Å². The van der Waals surface area contributed by atoms with E-state index in [4.69, 9.17) is 21.3 Å². The van der Waals surface area contributed by atoms with E-state index in [1.807, 2.05) is 71.6 Å². The molecule has 0 spiro atoms. The van der Waals surface area contributed by atoms with Crippen LogP contribution in [-0.4, -0.2) is 28.6 Å². The number of rotatable bonds is 8. The number of halogens is 2. The Balaban J connectivity index is 1.30. The first-order valence-corrected chi connectivity index (χ1v) is 12.7. The molecule has 1 atom stereocenters. The van der Waals surface area contributed by atoms with Crippen molar-refractivity contribution < 1.29 is 9.53 Å². The van der Waals surface area contributed by atoms with E-state index in [0.29, 0.717) is 24.6 Å². The van der Waals surface area contributed by atoms with Gasteiger partial charge in [0.15, 0.2) is 0 Å². The third-order valence-corrected chi connectivity index (χ3v) is 6.97.